The number of nitrogens with one attached hydrogen (secondary N) is 1. The van der Waals surface area contributed by atoms with Gasteiger partial charge in [-0.15, -0.1) is 0 Å². The van der Waals surface area contributed by atoms with Gasteiger partial charge in [0.05, 0.1) is 20.6 Å². The largest absolute Gasteiger partial charge is 0.493 e. The molecule has 0 aliphatic carbocycles. The molecular formula is C17H28N2O3. The Hall–Kier alpha value is -1.75. The smallest absolute Gasteiger partial charge is 0.224 e. The van der Waals surface area contributed by atoms with E-state index in [1.54, 1.807) is 14.2 Å². The molecule has 22 heavy (non-hydrogen) atoms. The van der Waals surface area contributed by atoms with Crippen molar-refractivity contribution in [2.45, 2.75) is 32.7 Å². The lowest BCUT2D eigenvalue weighted by atomic mass is 10.1. The Bertz CT molecular complexity index is 477. The highest BCUT2D eigenvalue weighted by atomic mass is 16.5. The minimum atomic E-state index is 0.0183. The molecule has 0 bridgehead atoms. The molecule has 1 N–H and O–H groups in total. The van der Waals surface area contributed by atoms with Crippen LogP contribution in [0.2, 0.25) is 0 Å². The third kappa shape index (κ3) is 5.56. The van der Waals surface area contributed by atoms with Gasteiger partial charge in [0.2, 0.25) is 5.91 Å². The Morgan fingerprint density at radius 2 is 1.95 bits per heavy atom. The average Bonchev–Trinajstić information content (AvgIpc) is 2.53. The van der Waals surface area contributed by atoms with Crippen molar-refractivity contribution < 1.29 is 14.3 Å². The summed E-state index contributed by atoms with van der Waals surface area (Å²) >= 11 is 0. The summed E-state index contributed by atoms with van der Waals surface area (Å²) in [5, 5.41) is 2.95. The van der Waals surface area contributed by atoms with Gasteiger partial charge < -0.3 is 19.7 Å². The molecule has 1 unspecified atom stereocenters. The number of likely N-dealkylation sites (N-methyl/N-ethyl adjacent to an activating group) is 1. The molecule has 0 heterocycles. The molecule has 1 aromatic carbocycles. The Balaban J connectivity index is 2.45. The maximum absolute atomic E-state index is 12.0. The third-order valence-electron chi connectivity index (χ3n) is 3.94. The molecule has 1 amide bonds. The molecule has 0 radical (unpaired) electrons. The summed E-state index contributed by atoms with van der Waals surface area (Å²) in [5.41, 5.74) is 0.908. The number of carbonyl (C=O) groups excluding carboxylic acids is 1. The standard InChI is InChI=1S/C17H28N2O3/c1-6-13(2)19(3)10-9-18-17(20)12-14-7-8-15(21-4)16(11-14)22-5/h7-8,11,13H,6,9-10,12H2,1-5H3,(H,18,20). The predicted molar refractivity (Wildman–Crippen MR) is 88.6 cm³/mol. The lowest BCUT2D eigenvalue weighted by molar-refractivity contribution is -0.120. The summed E-state index contributed by atoms with van der Waals surface area (Å²) in [4.78, 5) is 14.2. The zero-order chi connectivity index (χ0) is 16.5. The van der Waals surface area contributed by atoms with Gasteiger partial charge in [-0.1, -0.05) is 13.0 Å². The zero-order valence-electron chi connectivity index (χ0n) is 14.3. The van der Waals surface area contributed by atoms with E-state index in [1.807, 2.05) is 18.2 Å². The summed E-state index contributed by atoms with van der Waals surface area (Å²) < 4.78 is 10.4. The molecule has 5 nitrogen and oxygen atoms in total. The lowest BCUT2D eigenvalue weighted by Crippen LogP contribution is -2.37. The van der Waals surface area contributed by atoms with Gasteiger partial charge in [-0.25, -0.2) is 0 Å². The minimum absolute atomic E-state index is 0.0183. The molecule has 0 saturated heterocycles. The zero-order valence-corrected chi connectivity index (χ0v) is 14.3. The van der Waals surface area contributed by atoms with Gasteiger partial charge in [0.1, 0.15) is 0 Å². The van der Waals surface area contributed by atoms with Crippen molar-refractivity contribution in [2.24, 2.45) is 0 Å². The first-order valence-corrected chi connectivity index (χ1v) is 7.69. The van der Waals surface area contributed by atoms with Crippen LogP contribution in [0.25, 0.3) is 0 Å². The van der Waals surface area contributed by atoms with Gasteiger partial charge >= 0.3 is 0 Å². The molecule has 1 aromatic rings. The first-order chi connectivity index (χ1) is 10.5. The van der Waals surface area contributed by atoms with Crippen LogP contribution in [-0.4, -0.2) is 51.2 Å². The normalized spacial score (nSPS) is 12.1. The van der Waals surface area contributed by atoms with Crippen LogP contribution in [0.3, 0.4) is 0 Å². The van der Waals surface area contributed by atoms with Crippen LogP contribution in [0.1, 0.15) is 25.8 Å². The van der Waals surface area contributed by atoms with E-state index in [9.17, 15) is 4.79 Å². The van der Waals surface area contributed by atoms with Crippen molar-refractivity contribution in [2.75, 3.05) is 34.4 Å². The van der Waals surface area contributed by atoms with Gasteiger partial charge in [0.25, 0.3) is 0 Å². The molecule has 0 spiro atoms. The monoisotopic (exact) mass is 308 g/mol. The molecule has 1 atom stereocenters. The second-order valence-corrected chi connectivity index (χ2v) is 5.45. The Morgan fingerprint density at radius 1 is 1.27 bits per heavy atom. The molecule has 0 aromatic heterocycles. The summed E-state index contributed by atoms with van der Waals surface area (Å²) in [7, 11) is 5.26. The van der Waals surface area contributed by atoms with Crippen molar-refractivity contribution in [3.63, 3.8) is 0 Å². The van der Waals surface area contributed by atoms with Crippen LogP contribution < -0.4 is 14.8 Å². The van der Waals surface area contributed by atoms with Crippen LogP contribution in [-0.2, 0) is 11.2 Å². The number of carbonyl (C=O) groups is 1. The molecule has 0 aliphatic heterocycles. The Morgan fingerprint density at radius 3 is 2.55 bits per heavy atom. The van der Waals surface area contributed by atoms with E-state index in [0.717, 1.165) is 18.5 Å². The van der Waals surface area contributed by atoms with E-state index in [1.165, 1.54) is 0 Å². The number of ether oxygens (including phenoxy) is 2. The second-order valence-electron chi connectivity index (χ2n) is 5.45. The van der Waals surface area contributed by atoms with Crippen LogP contribution in [0.5, 0.6) is 11.5 Å². The van der Waals surface area contributed by atoms with Gasteiger partial charge in [-0.3, -0.25) is 4.79 Å². The fraction of sp³-hybridized carbons (Fsp3) is 0.588. The second kappa shape index (κ2) is 9.30. The lowest BCUT2D eigenvalue weighted by Gasteiger charge is -2.23. The van der Waals surface area contributed by atoms with Gasteiger partial charge in [-0.05, 0) is 38.1 Å². The van der Waals surface area contributed by atoms with Crippen LogP contribution in [0, 0.1) is 0 Å². The number of hydrogen-bond acceptors (Lipinski definition) is 4. The summed E-state index contributed by atoms with van der Waals surface area (Å²) in [6.45, 7) is 5.86. The quantitative estimate of drug-likeness (QED) is 0.759. The van der Waals surface area contributed by atoms with Gasteiger partial charge in [-0.2, -0.15) is 0 Å². The highest BCUT2D eigenvalue weighted by Gasteiger charge is 2.09. The predicted octanol–water partition coefficient (Wildman–Crippen LogP) is 2.09. The molecule has 124 valence electrons. The number of rotatable bonds is 9. The third-order valence-corrected chi connectivity index (χ3v) is 3.94. The van der Waals surface area contributed by atoms with Crippen molar-refractivity contribution >= 4 is 5.91 Å². The molecule has 1 rings (SSSR count). The minimum Gasteiger partial charge on any atom is -0.493 e. The number of benzene rings is 1. The van der Waals surface area contributed by atoms with Gasteiger partial charge in [0.15, 0.2) is 11.5 Å². The fourth-order valence-corrected chi connectivity index (χ4v) is 2.14. The highest BCUT2D eigenvalue weighted by Crippen LogP contribution is 2.27. The van der Waals surface area contributed by atoms with Crippen LogP contribution in [0.4, 0.5) is 0 Å². The van der Waals surface area contributed by atoms with Gasteiger partial charge in [0, 0.05) is 19.1 Å². The van der Waals surface area contributed by atoms with Crippen molar-refractivity contribution in [3.05, 3.63) is 23.8 Å². The molecule has 0 aliphatic rings. The first kappa shape index (κ1) is 18.3. The number of methoxy groups -OCH3 is 2. The van der Waals surface area contributed by atoms with E-state index in [2.05, 4.69) is 31.1 Å². The molecule has 0 fully saturated rings. The van der Waals surface area contributed by atoms with E-state index in [4.69, 9.17) is 9.47 Å². The number of amides is 1. The molecular weight excluding hydrogens is 280 g/mol. The van der Waals surface area contributed by atoms with E-state index >= 15 is 0 Å². The van der Waals surface area contributed by atoms with Crippen LogP contribution >= 0.6 is 0 Å². The maximum atomic E-state index is 12.0. The van der Waals surface area contributed by atoms with Crippen molar-refractivity contribution in [1.82, 2.24) is 10.2 Å². The Kier molecular flexibility index (Phi) is 7.74. The van der Waals surface area contributed by atoms with Crippen LogP contribution in [0.15, 0.2) is 18.2 Å². The maximum Gasteiger partial charge on any atom is 0.224 e. The van der Waals surface area contributed by atoms with E-state index in [0.29, 0.717) is 30.5 Å². The van der Waals surface area contributed by atoms with E-state index < -0.39 is 0 Å². The molecule has 0 saturated carbocycles. The summed E-state index contributed by atoms with van der Waals surface area (Å²) in [6, 6.07) is 6.07. The average molecular weight is 308 g/mol. The summed E-state index contributed by atoms with van der Waals surface area (Å²) in [5.74, 6) is 1.33. The topological polar surface area (TPSA) is 50.8 Å². The van der Waals surface area contributed by atoms with Crippen molar-refractivity contribution in [1.29, 1.82) is 0 Å². The van der Waals surface area contributed by atoms with Crippen molar-refractivity contribution in [3.8, 4) is 11.5 Å². The first-order valence-electron chi connectivity index (χ1n) is 7.69. The fourth-order valence-electron chi connectivity index (χ4n) is 2.14. The molecule has 5 heteroatoms. The number of nitrogens with zero attached hydrogens (tertiary/aromatic N) is 1. The summed E-state index contributed by atoms with van der Waals surface area (Å²) in [6.07, 6.45) is 1.45. The highest BCUT2D eigenvalue weighted by molar-refractivity contribution is 5.78. The number of hydrogen-bond donors (Lipinski definition) is 1. The Labute approximate surface area is 133 Å². The van der Waals surface area contributed by atoms with E-state index in [-0.39, 0.29) is 5.91 Å². The SMILES string of the molecule is CCC(C)N(C)CCNC(=O)Cc1ccc(OC)c(OC)c1.